The molecular weight excluding hydrogens is 472 g/mol. The van der Waals surface area contributed by atoms with E-state index in [0.29, 0.717) is 51.6 Å². The van der Waals surface area contributed by atoms with E-state index in [4.69, 9.17) is 14.2 Å². The van der Waals surface area contributed by atoms with Crippen LogP contribution in [0, 0.1) is 0 Å². The summed E-state index contributed by atoms with van der Waals surface area (Å²) in [4.78, 5) is 24.0. The topological polar surface area (TPSA) is 114 Å². The van der Waals surface area contributed by atoms with Gasteiger partial charge in [-0.2, -0.15) is 0 Å². The minimum Gasteiger partial charge on any atom is -0.493 e. The van der Waals surface area contributed by atoms with Gasteiger partial charge in [-0.1, -0.05) is 17.8 Å². The highest BCUT2D eigenvalue weighted by Crippen LogP contribution is 2.41. The highest BCUT2D eigenvalue weighted by molar-refractivity contribution is 7.99. The van der Waals surface area contributed by atoms with Gasteiger partial charge < -0.3 is 24.3 Å². The van der Waals surface area contributed by atoms with E-state index in [1.807, 2.05) is 4.57 Å². The average Bonchev–Trinajstić information content (AvgIpc) is 3.29. The second kappa shape index (κ2) is 11.9. The molecule has 0 radical (unpaired) electrons. The molecule has 11 heteroatoms. The van der Waals surface area contributed by atoms with Crippen molar-refractivity contribution in [2.75, 3.05) is 39.5 Å². The summed E-state index contributed by atoms with van der Waals surface area (Å²) in [5.74, 6) is 1.43. The van der Waals surface area contributed by atoms with Crippen LogP contribution in [0.4, 0.5) is 5.69 Å². The molecular formula is C24H26N4O6S. The molecule has 184 valence electrons. The molecule has 1 amide bonds. The summed E-state index contributed by atoms with van der Waals surface area (Å²) in [5.41, 5.74) is 1.67. The number of rotatable bonds is 11. The molecule has 1 heterocycles. The second-order valence-electron chi connectivity index (χ2n) is 7.03. The molecule has 1 aromatic heterocycles. The maximum absolute atomic E-state index is 12.5. The van der Waals surface area contributed by atoms with Crippen LogP contribution in [0.15, 0.2) is 54.2 Å². The average molecular weight is 499 g/mol. The number of aromatic nitrogens is 3. The number of nitrogens with zero attached hydrogens (tertiary/aromatic N) is 3. The number of hydrogen-bond acceptors (Lipinski definition) is 9. The fraction of sp³-hybridized carbons (Fsp3) is 0.250. The van der Waals surface area contributed by atoms with Gasteiger partial charge in [0.15, 0.2) is 22.5 Å². The first-order chi connectivity index (χ1) is 16.9. The Morgan fingerprint density at radius 3 is 2.23 bits per heavy atom. The third-order valence-electron chi connectivity index (χ3n) is 4.87. The maximum Gasteiger partial charge on any atom is 0.337 e. The molecule has 35 heavy (non-hydrogen) atoms. The van der Waals surface area contributed by atoms with Crippen LogP contribution in [-0.4, -0.2) is 60.8 Å². The van der Waals surface area contributed by atoms with Crippen LogP contribution in [0.3, 0.4) is 0 Å². The molecule has 0 spiro atoms. The van der Waals surface area contributed by atoms with Gasteiger partial charge in [0.1, 0.15) is 0 Å². The molecule has 0 saturated heterocycles. The summed E-state index contributed by atoms with van der Waals surface area (Å²) in [5, 5.41) is 11.9. The third kappa shape index (κ3) is 5.93. The molecule has 0 aliphatic carbocycles. The van der Waals surface area contributed by atoms with E-state index >= 15 is 0 Å². The molecule has 3 rings (SSSR count). The monoisotopic (exact) mass is 498 g/mol. The molecule has 10 nitrogen and oxygen atoms in total. The Hall–Kier alpha value is -3.99. The molecule has 0 unspecified atom stereocenters. The first-order valence-corrected chi connectivity index (χ1v) is 11.4. The van der Waals surface area contributed by atoms with Gasteiger partial charge >= 0.3 is 5.97 Å². The number of thioether (sulfide) groups is 1. The molecule has 3 aromatic rings. The van der Waals surface area contributed by atoms with Gasteiger partial charge in [0, 0.05) is 17.8 Å². The van der Waals surface area contributed by atoms with Crippen LogP contribution < -0.4 is 19.5 Å². The maximum atomic E-state index is 12.5. The Balaban J connectivity index is 1.77. The van der Waals surface area contributed by atoms with Crippen molar-refractivity contribution in [2.45, 2.75) is 11.7 Å². The van der Waals surface area contributed by atoms with Crippen molar-refractivity contribution in [3.8, 4) is 28.6 Å². The number of anilines is 1. The van der Waals surface area contributed by atoms with Crippen molar-refractivity contribution < 1.29 is 28.5 Å². The van der Waals surface area contributed by atoms with Crippen molar-refractivity contribution >= 4 is 29.3 Å². The van der Waals surface area contributed by atoms with Gasteiger partial charge in [-0.25, -0.2) is 4.79 Å². The fourth-order valence-corrected chi connectivity index (χ4v) is 4.00. The highest BCUT2D eigenvalue weighted by Gasteiger charge is 2.20. The summed E-state index contributed by atoms with van der Waals surface area (Å²) >= 11 is 1.24. The first kappa shape index (κ1) is 25.6. The number of hydrogen-bond donors (Lipinski definition) is 1. The van der Waals surface area contributed by atoms with Crippen LogP contribution in [0.1, 0.15) is 10.4 Å². The quantitative estimate of drug-likeness (QED) is 0.240. The van der Waals surface area contributed by atoms with E-state index in [1.54, 1.807) is 56.7 Å². The third-order valence-corrected chi connectivity index (χ3v) is 5.84. The van der Waals surface area contributed by atoms with Crippen LogP contribution in [0.25, 0.3) is 11.4 Å². The largest absolute Gasteiger partial charge is 0.493 e. The summed E-state index contributed by atoms with van der Waals surface area (Å²) in [6.45, 7) is 4.24. The fourth-order valence-electron chi connectivity index (χ4n) is 3.25. The zero-order valence-electron chi connectivity index (χ0n) is 19.9. The van der Waals surface area contributed by atoms with Gasteiger partial charge in [0.05, 0.1) is 39.8 Å². The Kier molecular flexibility index (Phi) is 8.74. The second-order valence-corrected chi connectivity index (χ2v) is 7.97. The van der Waals surface area contributed by atoms with E-state index in [0.717, 1.165) is 0 Å². The van der Waals surface area contributed by atoms with E-state index < -0.39 is 5.97 Å². The summed E-state index contributed by atoms with van der Waals surface area (Å²) in [6, 6.07) is 10.0. The normalized spacial score (nSPS) is 10.4. The van der Waals surface area contributed by atoms with Crippen molar-refractivity contribution in [1.29, 1.82) is 0 Å². The molecule has 0 aliphatic heterocycles. The molecule has 0 saturated carbocycles. The van der Waals surface area contributed by atoms with Crippen molar-refractivity contribution in [2.24, 2.45) is 0 Å². The highest BCUT2D eigenvalue weighted by atomic mass is 32.2. The van der Waals surface area contributed by atoms with Gasteiger partial charge in [0.2, 0.25) is 11.7 Å². The number of allylic oxidation sites excluding steroid dienone is 1. The number of carbonyl (C=O) groups excluding carboxylic acids is 2. The molecule has 2 aromatic carbocycles. The predicted molar refractivity (Wildman–Crippen MR) is 132 cm³/mol. The SMILES string of the molecule is C=CCn1c(SCC(=O)Nc2ccc(C(=O)OC)cc2)nnc1-c1cc(OC)c(OC)c(OC)c1. The number of esters is 1. The number of carbonyl (C=O) groups is 2. The lowest BCUT2D eigenvalue weighted by Crippen LogP contribution is -2.15. The Morgan fingerprint density at radius 1 is 1.03 bits per heavy atom. The number of nitrogens with one attached hydrogen (secondary N) is 1. The zero-order valence-corrected chi connectivity index (χ0v) is 20.7. The molecule has 0 bridgehead atoms. The number of amides is 1. The first-order valence-electron chi connectivity index (χ1n) is 10.4. The van der Waals surface area contributed by atoms with Gasteiger partial charge in [-0.3, -0.25) is 9.36 Å². The lowest BCUT2D eigenvalue weighted by Gasteiger charge is -2.14. The minimum atomic E-state index is -0.442. The molecule has 1 N–H and O–H groups in total. The lowest BCUT2D eigenvalue weighted by molar-refractivity contribution is -0.113. The van der Waals surface area contributed by atoms with E-state index in [2.05, 4.69) is 26.8 Å². The zero-order chi connectivity index (χ0) is 25.4. The van der Waals surface area contributed by atoms with Crippen LogP contribution >= 0.6 is 11.8 Å². The van der Waals surface area contributed by atoms with E-state index in [9.17, 15) is 9.59 Å². The van der Waals surface area contributed by atoms with Gasteiger partial charge in [-0.15, -0.1) is 16.8 Å². The summed E-state index contributed by atoms with van der Waals surface area (Å²) in [6.07, 6.45) is 1.72. The van der Waals surface area contributed by atoms with E-state index in [-0.39, 0.29) is 11.7 Å². The smallest absolute Gasteiger partial charge is 0.337 e. The summed E-state index contributed by atoms with van der Waals surface area (Å²) in [7, 11) is 5.93. The standard InChI is InChI=1S/C24H26N4O6S/c1-6-11-28-22(16-12-18(31-2)21(33-4)19(13-16)32-3)26-27-24(28)35-14-20(29)25-17-9-7-15(8-10-17)23(30)34-5/h6-10,12-13H,1,11,14H2,2-5H3,(H,25,29). The van der Waals surface area contributed by atoms with E-state index in [1.165, 1.54) is 26.0 Å². The predicted octanol–water partition coefficient (Wildman–Crippen LogP) is 3.67. The summed E-state index contributed by atoms with van der Waals surface area (Å²) < 4.78 is 22.8. The van der Waals surface area contributed by atoms with Gasteiger partial charge in [0.25, 0.3) is 0 Å². The number of ether oxygens (including phenoxy) is 4. The Morgan fingerprint density at radius 2 is 1.69 bits per heavy atom. The van der Waals surface area contributed by atoms with Gasteiger partial charge in [-0.05, 0) is 36.4 Å². The Bertz CT molecular complexity index is 1180. The van der Waals surface area contributed by atoms with Crippen molar-refractivity contribution in [3.63, 3.8) is 0 Å². The Labute approximate surface area is 207 Å². The van der Waals surface area contributed by atoms with Crippen molar-refractivity contribution in [3.05, 3.63) is 54.6 Å². The minimum absolute atomic E-state index is 0.100. The lowest BCUT2D eigenvalue weighted by atomic mass is 10.1. The molecule has 0 aliphatic rings. The van der Waals surface area contributed by atoms with Crippen LogP contribution in [0.5, 0.6) is 17.2 Å². The number of methoxy groups -OCH3 is 4. The van der Waals surface area contributed by atoms with Crippen LogP contribution in [-0.2, 0) is 16.1 Å². The van der Waals surface area contributed by atoms with Crippen molar-refractivity contribution in [1.82, 2.24) is 14.8 Å². The molecule has 0 atom stereocenters. The molecule has 0 fully saturated rings. The van der Waals surface area contributed by atoms with Crippen LogP contribution in [0.2, 0.25) is 0 Å². The number of benzene rings is 2.